The van der Waals surface area contributed by atoms with Crippen LogP contribution in [0.3, 0.4) is 0 Å². The number of likely N-dealkylation sites (tertiary alicyclic amines) is 1. The number of amides is 1. The summed E-state index contributed by atoms with van der Waals surface area (Å²) in [6, 6.07) is 0. The van der Waals surface area contributed by atoms with Crippen LogP contribution in [-0.4, -0.2) is 64.2 Å². The number of hydrogen-bond acceptors (Lipinski definition) is 6. The fourth-order valence-electron chi connectivity index (χ4n) is 2.86. The van der Waals surface area contributed by atoms with Crippen molar-refractivity contribution in [3.8, 4) is 5.88 Å². The van der Waals surface area contributed by atoms with Gasteiger partial charge in [-0.1, -0.05) is 0 Å². The van der Waals surface area contributed by atoms with Gasteiger partial charge in [0.2, 0.25) is 11.8 Å². The van der Waals surface area contributed by atoms with Gasteiger partial charge in [0.25, 0.3) is 0 Å². The Bertz CT molecular complexity index is 493. The lowest BCUT2D eigenvalue weighted by Crippen LogP contribution is -2.67. The van der Waals surface area contributed by atoms with E-state index in [1.54, 1.807) is 30.4 Å². The minimum Gasteiger partial charge on any atom is -0.473 e. The molecule has 0 aliphatic carbocycles. The number of nitrogens with zero attached hydrogens (tertiary/aromatic N) is 3. The minimum absolute atomic E-state index is 0.0771. The van der Waals surface area contributed by atoms with Crippen molar-refractivity contribution >= 4 is 17.7 Å². The molecular weight excluding hydrogens is 290 g/mol. The molecule has 2 aliphatic heterocycles. The van der Waals surface area contributed by atoms with E-state index in [9.17, 15) is 4.79 Å². The summed E-state index contributed by atoms with van der Waals surface area (Å²) in [6.45, 7) is 2.01. The predicted molar refractivity (Wildman–Crippen MR) is 79.3 cm³/mol. The van der Waals surface area contributed by atoms with Gasteiger partial charge in [-0.2, -0.15) is 11.8 Å². The van der Waals surface area contributed by atoms with Gasteiger partial charge in [0.05, 0.1) is 31.6 Å². The first-order valence-electron chi connectivity index (χ1n) is 7.04. The van der Waals surface area contributed by atoms with Gasteiger partial charge in [0.1, 0.15) is 11.7 Å². The van der Waals surface area contributed by atoms with Gasteiger partial charge in [-0.15, -0.1) is 0 Å². The molecule has 2 aliphatic rings. The highest BCUT2D eigenvalue weighted by atomic mass is 32.2. The Morgan fingerprint density at radius 1 is 1.57 bits per heavy atom. The van der Waals surface area contributed by atoms with Crippen LogP contribution in [0.15, 0.2) is 18.6 Å². The van der Waals surface area contributed by atoms with E-state index in [1.165, 1.54) is 0 Å². The number of ether oxygens (including phenoxy) is 2. The average Bonchev–Trinajstić information content (AvgIpc) is 2.46. The van der Waals surface area contributed by atoms with Crippen molar-refractivity contribution in [1.82, 2.24) is 14.9 Å². The molecule has 0 bridgehead atoms. The summed E-state index contributed by atoms with van der Waals surface area (Å²) in [6.07, 6.45) is 8.53. The molecule has 114 valence electrons. The van der Waals surface area contributed by atoms with Gasteiger partial charge in [-0.25, -0.2) is 4.98 Å². The van der Waals surface area contributed by atoms with E-state index in [4.69, 9.17) is 9.47 Å². The third-order valence-corrected chi connectivity index (χ3v) is 4.39. The van der Waals surface area contributed by atoms with Crippen LogP contribution < -0.4 is 4.74 Å². The summed E-state index contributed by atoms with van der Waals surface area (Å²) in [4.78, 5) is 21.8. The summed E-state index contributed by atoms with van der Waals surface area (Å²) in [5.74, 6) is 1.28. The third-order valence-electron chi connectivity index (χ3n) is 3.85. The fraction of sp³-hybridized carbons (Fsp3) is 0.643. The summed E-state index contributed by atoms with van der Waals surface area (Å²) in [5.41, 5.74) is -0.223. The summed E-state index contributed by atoms with van der Waals surface area (Å²) < 4.78 is 11.8. The molecule has 0 unspecified atom stereocenters. The van der Waals surface area contributed by atoms with E-state index in [0.717, 1.165) is 12.8 Å². The molecule has 1 amide bonds. The second-order valence-corrected chi connectivity index (χ2v) is 6.36. The molecule has 1 atom stereocenters. The Morgan fingerprint density at radius 2 is 2.43 bits per heavy atom. The smallest absolute Gasteiger partial charge is 0.232 e. The van der Waals surface area contributed by atoms with Crippen LogP contribution in [0, 0.1) is 0 Å². The van der Waals surface area contributed by atoms with Crippen molar-refractivity contribution < 1.29 is 14.3 Å². The van der Waals surface area contributed by atoms with E-state index in [-0.39, 0.29) is 17.6 Å². The maximum absolute atomic E-state index is 11.8. The monoisotopic (exact) mass is 309 g/mol. The molecule has 6 nitrogen and oxygen atoms in total. The molecule has 0 aromatic carbocycles. The lowest BCUT2D eigenvalue weighted by atomic mass is 9.84. The van der Waals surface area contributed by atoms with Crippen LogP contribution in [0.4, 0.5) is 0 Å². The minimum atomic E-state index is -0.223. The Morgan fingerprint density at radius 3 is 3.14 bits per heavy atom. The Kier molecular flexibility index (Phi) is 4.30. The fourth-order valence-corrected chi connectivity index (χ4v) is 3.29. The van der Waals surface area contributed by atoms with E-state index in [2.05, 4.69) is 9.97 Å². The molecule has 2 fully saturated rings. The number of rotatable bonds is 4. The first-order valence-corrected chi connectivity index (χ1v) is 8.43. The lowest BCUT2D eigenvalue weighted by Gasteiger charge is -2.52. The van der Waals surface area contributed by atoms with Crippen LogP contribution in [-0.2, 0) is 9.53 Å². The molecule has 21 heavy (non-hydrogen) atoms. The molecule has 3 heterocycles. The van der Waals surface area contributed by atoms with E-state index in [0.29, 0.717) is 31.3 Å². The molecule has 1 aromatic rings. The average molecular weight is 309 g/mol. The number of carbonyl (C=O) groups is 1. The molecule has 1 spiro atoms. The Balaban J connectivity index is 1.54. The zero-order valence-electron chi connectivity index (χ0n) is 12.0. The van der Waals surface area contributed by atoms with Crippen molar-refractivity contribution in [2.24, 2.45) is 0 Å². The zero-order valence-corrected chi connectivity index (χ0v) is 12.8. The van der Waals surface area contributed by atoms with Crippen LogP contribution in [0.25, 0.3) is 0 Å². The molecule has 0 N–H and O–H groups in total. The number of hydrogen-bond donors (Lipinski definition) is 0. The number of carbonyl (C=O) groups excluding carboxylic acids is 1. The quantitative estimate of drug-likeness (QED) is 0.826. The molecule has 1 aromatic heterocycles. The zero-order chi connectivity index (χ0) is 14.7. The van der Waals surface area contributed by atoms with Crippen molar-refractivity contribution in [2.75, 3.05) is 31.7 Å². The third kappa shape index (κ3) is 3.29. The second kappa shape index (κ2) is 6.19. The van der Waals surface area contributed by atoms with E-state index < -0.39 is 0 Å². The predicted octanol–water partition coefficient (Wildman–Crippen LogP) is 0.978. The van der Waals surface area contributed by atoms with Crippen molar-refractivity contribution in [3.05, 3.63) is 18.6 Å². The standard InChI is InChI=1S/C14H19N3O3S/c1-21-8-13(18)17-9-14(10-17)6-11(2-5-19-14)20-12-7-15-3-4-16-12/h3-4,7,11H,2,5-6,8-10H2,1H3/t11-/m1/s1. The maximum atomic E-state index is 11.8. The van der Waals surface area contributed by atoms with Crippen molar-refractivity contribution in [1.29, 1.82) is 0 Å². The van der Waals surface area contributed by atoms with Crippen LogP contribution >= 0.6 is 11.8 Å². The van der Waals surface area contributed by atoms with E-state index >= 15 is 0 Å². The Hall–Kier alpha value is -1.34. The molecule has 0 radical (unpaired) electrons. The van der Waals surface area contributed by atoms with Gasteiger partial charge in [-0.05, 0) is 6.26 Å². The van der Waals surface area contributed by atoms with Gasteiger partial charge in [0.15, 0.2) is 0 Å². The highest BCUT2D eigenvalue weighted by molar-refractivity contribution is 7.99. The summed E-state index contributed by atoms with van der Waals surface area (Å²) in [5, 5.41) is 0. The maximum Gasteiger partial charge on any atom is 0.232 e. The first kappa shape index (κ1) is 14.6. The largest absolute Gasteiger partial charge is 0.473 e. The number of aromatic nitrogens is 2. The Labute approximate surface area is 128 Å². The SMILES string of the molecule is CSCC(=O)N1CC2(C[C@H](Oc3cnccn3)CCO2)C1. The second-order valence-electron chi connectivity index (χ2n) is 5.49. The van der Waals surface area contributed by atoms with Crippen LogP contribution in [0.2, 0.25) is 0 Å². The van der Waals surface area contributed by atoms with Gasteiger partial charge in [0, 0.05) is 25.2 Å². The van der Waals surface area contributed by atoms with Crippen LogP contribution in [0.1, 0.15) is 12.8 Å². The van der Waals surface area contributed by atoms with E-state index in [1.807, 2.05) is 11.2 Å². The first-order chi connectivity index (χ1) is 10.2. The van der Waals surface area contributed by atoms with Crippen LogP contribution in [0.5, 0.6) is 5.88 Å². The molecule has 0 saturated carbocycles. The normalized spacial score (nSPS) is 23.7. The molecule has 3 rings (SSSR count). The van der Waals surface area contributed by atoms with Gasteiger partial charge < -0.3 is 14.4 Å². The van der Waals surface area contributed by atoms with Crippen molar-refractivity contribution in [2.45, 2.75) is 24.5 Å². The number of thioether (sulfide) groups is 1. The van der Waals surface area contributed by atoms with Gasteiger partial charge in [-0.3, -0.25) is 9.78 Å². The summed E-state index contributed by atoms with van der Waals surface area (Å²) >= 11 is 1.55. The molecular formula is C14H19N3O3S. The molecule has 2 saturated heterocycles. The topological polar surface area (TPSA) is 64.6 Å². The highest BCUT2D eigenvalue weighted by Crippen LogP contribution is 2.35. The lowest BCUT2D eigenvalue weighted by molar-refractivity contribution is -0.191. The highest BCUT2D eigenvalue weighted by Gasteiger charge is 2.49. The molecule has 7 heteroatoms. The van der Waals surface area contributed by atoms with Gasteiger partial charge >= 0.3 is 0 Å². The summed E-state index contributed by atoms with van der Waals surface area (Å²) in [7, 11) is 0. The van der Waals surface area contributed by atoms with Crippen molar-refractivity contribution in [3.63, 3.8) is 0 Å².